The van der Waals surface area contributed by atoms with Crippen molar-refractivity contribution in [3.8, 4) is 5.88 Å². The maximum Gasteiger partial charge on any atom is 0.341 e. The van der Waals surface area contributed by atoms with Crippen molar-refractivity contribution in [3.05, 3.63) is 22.6 Å². The number of esters is 1. The van der Waals surface area contributed by atoms with Crippen LogP contribution in [-0.2, 0) is 14.2 Å². The Morgan fingerprint density at radius 1 is 1.50 bits per heavy atom. The van der Waals surface area contributed by atoms with Gasteiger partial charge in [-0.05, 0) is 19.3 Å². The minimum absolute atomic E-state index is 0.0949. The fourth-order valence-corrected chi connectivity index (χ4v) is 2.17. The quantitative estimate of drug-likeness (QED) is 0.589. The Labute approximate surface area is 132 Å². The number of carbonyl (C=O) groups excluding carboxylic acids is 1. The molecule has 0 bridgehead atoms. The third kappa shape index (κ3) is 4.28. The summed E-state index contributed by atoms with van der Waals surface area (Å²) in [4.78, 5) is 15.1. The van der Waals surface area contributed by atoms with E-state index in [9.17, 15) is 9.18 Å². The van der Waals surface area contributed by atoms with Crippen LogP contribution in [0.5, 0.6) is 5.88 Å². The van der Waals surface area contributed by atoms with E-state index in [0.717, 1.165) is 25.5 Å². The Morgan fingerprint density at radius 3 is 3.00 bits per heavy atom. The minimum atomic E-state index is -0.904. The lowest BCUT2D eigenvalue weighted by Crippen LogP contribution is -2.24. The highest BCUT2D eigenvalue weighted by Gasteiger charge is 2.20. The Morgan fingerprint density at radius 2 is 2.32 bits per heavy atom. The zero-order chi connectivity index (χ0) is 15.9. The molecule has 6 nitrogen and oxygen atoms in total. The molecule has 1 unspecified atom stereocenters. The lowest BCUT2D eigenvalue weighted by Gasteiger charge is -2.22. The summed E-state index contributed by atoms with van der Waals surface area (Å²) in [5.41, 5.74) is -0.152. The summed E-state index contributed by atoms with van der Waals surface area (Å²) in [6, 6.07) is 0. The molecular formula is C14H17ClFNO5. The van der Waals surface area contributed by atoms with Crippen molar-refractivity contribution < 1.29 is 28.1 Å². The van der Waals surface area contributed by atoms with E-state index in [2.05, 4.69) is 9.72 Å². The fraction of sp³-hybridized carbons (Fsp3) is 0.571. The molecule has 2 heterocycles. The van der Waals surface area contributed by atoms with Crippen LogP contribution in [-0.4, -0.2) is 44.2 Å². The van der Waals surface area contributed by atoms with Gasteiger partial charge >= 0.3 is 5.97 Å². The van der Waals surface area contributed by atoms with Crippen molar-refractivity contribution in [2.45, 2.75) is 25.6 Å². The van der Waals surface area contributed by atoms with Gasteiger partial charge in [-0.15, -0.1) is 0 Å². The molecule has 0 amide bonds. The number of aromatic nitrogens is 1. The standard InChI is InChI=1S/C14H17ClFNO5/c1-19-14(18)9-8-17-13(12(16)11(9)15)22-7-6-21-10-4-2-3-5-20-10/h8,10H,2-7H2,1H3. The van der Waals surface area contributed by atoms with Crippen LogP contribution < -0.4 is 4.74 Å². The molecule has 1 saturated heterocycles. The molecule has 1 aromatic heterocycles. The summed E-state index contributed by atoms with van der Waals surface area (Å²) in [6.45, 7) is 1.02. The van der Waals surface area contributed by atoms with E-state index < -0.39 is 11.8 Å². The van der Waals surface area contributed by atoms with Crippen molar-refractivity contribution in [3.63, 3.8) is 0 Å². The average Bonchev–Trinajstić information content (AvgIpc) is 2.55. The maximum atomic E-state index is 13.9. The van der Waals surface area contributed by atoms with Crippen LogP contribution in [0.3, 0.4) is 0 Å². The first-order chi connectivity index (χ1) is 10.6. The molecule has 8 heteroatoms. The summed E-state index contributed by atoms with van der Waals surface area (Å²) in [6.07, 6.45) is 3.81. The molecule has 0 N–H and O–H groups in total. The van der Waals surface area contributed by atoms with Crippen molar-refractivity contribution >= 4 is 17.6 Å². The lowest BCUT2D eigenvalue weighted by atomic mass is 10.2. The van der Waals surface area contributed by atoms with E-state index in [1.807, 2.05) is 0 Å². The molecule has 1 atom stereocenters. The van der Waals surface area contributed by atoms with Crippen molar-refractivity contribution in [2.24, 2.45) is 0 Å². The summed E-state index contributed by atoms with van der Waals surface area (Å²) in [5.74, 6) is -1.95. The molecule has 0 radical (unpaired) electrons. The van der Waals surface area contributed by atoms with Crippen LogP contribution in [0.25, 0.3) is 0 Å². The van der Waals surface area contributed by atoms with E-state index in [0.29, 0.717) is 6.61 Å². The van der Waals surface area contributed by atoms with E-state index in [4.69, 9.17) is 25.8 Å². The lowest BCUT2D eigenvalue weighted by molar-refractivity contribution is -0.165. The molecule has 0 aliphatic carbocycles. The first-order valence-corrected chi connectivity index (χ1v) is 7.29. The number of nitrogens with zero attached hydrogens (tertiary/aromatic N) is 1. The number of pyridine rings is 1. The summed E-state index contributed by atoms with van der Waals surface area (Å²) >= 11 is 5.76. The zero-order valence-electron chi connectivity index (χ0n) is 12.1. The van der Waals surface area contributed by atoms with Crippen molar-refractivity contribution in [1.29, 1.82) is 0 Å². The summed E-state index contributed by atoms with van der Waals surface area (Å²) < 4.78 is 34.4. The van der Waals surface area contributed by atoms with Crippen molar-refractivity contribution in [1.82, 2.24) is 4.98 Å². The van der Waals surface area contributed by atoms with Gasteiger partial charge in [-0.1, -0.05) is 11.6 Å². The molecule has 0 spiro atoms. The van der Waals surface area contributed by atoms with E-state index in [1.54, 1.807) is 0 Å². The normalized spacial score (nSPS) is 18.0. The molecular weight excluding hydrogens is 317 g/mol. The van der Waals surface area contributed by atoms with Crippen LogP contribution in [0.4, 0.5) is 4.39 Å². The highest BCUT2D eigenvalue weighted by molar-refractivity contribution is 6.33. The third-order valence-corrected chi connectivity index (χ3v) is 3.47. The largest absolute Gasteiger partial charge is 0.473 e. The van der Waals surface area contributed by atoms with Crippen LogP contribution in [0.2, 0.25) is 5.02 Å². The highest BCUT2D eigenvalue weighted by Crippen LogP contribution is 2.26. The van der Waals surface area contributed by atoms with Gasteiger partial charge in [-0.2, -0.15) is 4.39 Å². The van der Waals surface area contributed by atoms with Gasteiger partial charge < -0.3 is 18.9 Å². The Bertz CT molecular complexity index is 522. The van der Waals surface area contributed by atoms with E-state index >= 15 is 0 Å². The van der Waals surface area contributed by atoms with Gasteiger partial charge in [-0.3, -0.25) is 0 Å². The predicted molar refractivity (Wildman–Crippen MR) is 75.6 cm³/mol. The second kappa shape index (κ2) is 8.26. The number of ether oxygens (including phenoxy) is 4. The minimum Gasteiger partial charge on any atom is -0.473 e. The molecule has 122 valence electrons. The van der Waals surface area contributed by atoms with E-state index in [1.165, 1.54) is 7.11 Å². The van der Waals surface area contributed by atoms with Gasteiger partial charge in [0.25, 0.3) is 5.88 Å². The van der Waals surface area contributed by atoms with E-state index in [-0.39, 0.29) is 36.0 Å². The van der Waals surface area contributed by atoms with Gasteiger partial charge in [-0.25, -0.2) is 9.78 Å². The Hall–Kier alpha value is -1.44. The highest BCUT2D eigenvalue weighted by atomic mass is 35.5. The molecule has 1 aromatic rings. The van der Waals surface area contributed by atoms with Crippen molar-refractivity contribution in [2.75, 3.05) is 26.9 Å². The van der Waals surface area contributed by atoms with Crippen LogP contribution in [0, 0.1) is 5.82 Å². The second-order valence-corrected chi connectivity index (χ2v) is 4.99. The molecule has 1 aliphatic heterocycles. The molecule has 22 heavy (non-hydrogen) atoms. The first kappa shape index (κ1) is 16.9. The second-order valence-electron chi connectivity index (χ2n) is 4.61. The molecule has 0 aromatic carbocycles. The number of methoxy groups -OCH3 is 1. The average molecular weight is 334 g/mol. The zero-order valence-corrected chi connectivity index (χ0v) is 12.9. The molecule has 0 saturated carbocycles. The SMILES string of the molecule is COC(=O)c1cnc(OCCOC2CCCCO2)c(F)c1Cl. The molecule has 2 rings (SSSR count). The number of hydrogen-bond acceptors (Lipinski definition) is 6. The maximum absolute atomic E-state index is 13.9. The van der Waals surface area contributed by atoms with Gasteiger partial charge in [0.15, 0.2) is 6.29 Å². The Balaban J connectivity index is 1.85. The van der Waals surface area contributed by atoms with Gasteiger partial charge in [0.05, 0.1) is 24.3 Å². The fourth-order valence-electron chi connectivity index (χ4n) is 1.96. The number of halogens is 2. The smallest absolute Gasteiger partial charge is 0.341 e. The summed E-state index contributed by atoms with van der Waals surface area (Å²) in [7, 11) is 1.17. The summed E-state index contributed by atoms with van der Waals surface area (Å²) in [5, 5.41) is -0.381. The van der Waals surface area contributed by atoms with Gasteiger partial charge in [0, 0.05) is 12.8 Å². The molecule has 1 fully saturated rings. The monoisotopic (exact) mass is 333 g/mol. The number of rotatable bonds is 6. The van der Waals surface area contributed by atoms with Crippen LogP contribution in [0.15, 0.2) is 6.20 Å². The topological polar surface area (TPSA) is 66.9 Å². The Kier molecular flexibility index (Phi) is 6.35. The number of carbonyl (C=O) groups is 1. The van der Waals surface area contributed by atoms with Gasteiger partial charge in [0.2, 0.25) is 5.82 Å². The number of hydrogen-bond donors (Lipinski definition) is 0. The van der Waals surface area contributed by atoms with Gasteiger partial charge in [0.1, 0.15) is 6.61 Å². The molecule has 1 aliphatic rings. The predicted octanol–water partition coefficient (Wildman–Crippen LogP) is 2.58. The van der Waals surface area contributed by atoms with Crippen LogP contribution in [0.1, 0.15) is 29.6 Å². The first-order valence-electron chi connectivity index (χ1n) is 6.91. The third-order valence-electron chi connectivity index (χ3n) is 3.10. The van der Waals surface area contributed by atoms with Crippen LogP contribution >= 0.6 is 11.6 Å².